The number of rotatable bonds is 6. The monoisotopic (exact) mass is 493 g/mol. The number of hydrogen-bond donors (Lipinski definition) is 0. The van der Waals surface area contributed by atoms with Crippen LogP contribution in [-0.2, 0) is 4.79 Å². The molecule has 3 aromatic rings. The minimum atomic E-state index is -2.96. The average Bonchev–Trinajstić information content (AvgIpc) is 2.85. The van der Waals surface area contributed by atoms with Gasteiger partial charge in [-0.05, 0) is 40.6 Å². The minimum Gasteiger partial charge on any atom is -0.326 e. The van der Waals surface area contributed by atoms with Crippen molar-refractivity contribution in [2.75, 3.05) is 6.54 Å². The van der Waals surface area contributed by atoms with Gasteiger partial charge in [0.05, 0.1) is 6.07 Å². The van der Waals surface area contributed by atoms with E-state index in [1.807, 2.05) is 42.5 Å². The van der Waals surface area contributed by atoms with Gasteiger partial charge in [-0.2, -0.15) is 5.26 Å². The number of carbonyl (C=O) groups excluding carboxylic acids is 2. The van der Waals surface area contributed by atoms with Crippen LogP contribution >= 0.6 is 11.6 Å². The zero-order valence-electron chi connectivity index (χ0n) is 18.8. The van der Waals surface area contributed by atoms with Gasteiger partial charge in [0.2, 0.25) is 5.91 Å². The third kappa shape index (κ3) is 5.90. The molecule has 1 atom stereocenters. The molecule has 4 rings (SSSR count). The first-order valence-corrected chi connectivity index (χ1v) is 11.5. The summed E-state index contributed by atoms with van der Waals surface area (Å²) in [5.41, 5.74) is 1.95. The Morgan fingerprint density at radius 2 is 1.91 bits per heavy atom. The predicted molar refractivity (Wildman–Crippen MR) is 131 cm³/mol. The third-order valence-corrected chi connectivity index (χ3v) is 6.29. The summed E-state index contributed by atoms with van der Waals surface area (Å²) in [5.74, 6) is -3.68. The van der Waals surface area contributed by atoms with Crippen molar-refractivity contribution in [2.45, 2.75) is 37.6 Å². The largest absolute Gasteiger partial charge is 0.326 e. The molecule has 1 saturated heterocycles. The van der Waals surface area contributed by atoms with Crippen molar-refractivity contribution in [2.24, 2.45) is 0 Å². The molecule has 2 heterocycles. The molecule has 0 aliphatic carbocycles. The number of fused-ring (bicyclic) bond motifs is 1. The fourth-order valence-electron chi connectivity index (χ4n) is 4.17. The molecular weight excluding hydrogens is 472 g/mol. The van der Waals surface area contributed by atoms with Crippen molar-refractivity contribution in [3.8, 4) is 6.07 Å². The highest BCUT2D eigenvalue weighted by Crippen LogP contribution is 2.32. The fourth-order valence-corrected chi connectivity index (χ4v) is 4.35. The van der Waals surface area contributed by atoms with E-state index in [1.54, 1.807) is 24.4 Å². The molecule has 0 N–H and O–H groups in total. The molecule has 1 fully saturated rings. The number of aromatic nitrogens is 1. The topological polar surface area (TPSA) is 74.1 Å². The van der Waals surface area contributed by atoms with E-state index in [2.05, 4.69) is 4.98 Å². The highest BCUT2D eigenvalue weighted by Gasteiger charge is 2.42. The van der Waals surface area contributed by atoms with Gasteiger partial charge in [-0.3, -0.25) is 14.6 Å². The van der Waals surface area contributed by atoms with E-state index in [1.165, 1.54) is 6.20 Å². The van der Waals surface area contributed by atoms with E-state index in [0.717, 1.165) is 21.2 Å². The smallest absolute Gasteiger partial charge is 0.252 e. The summed E-state index contributed by atoms with van der Waals surface area (Å²) >= 11 is 6.04. The molecule has 5 nitrogen and oxygen atoms in total. The van der Waals surface area contributed by atoms with Crippen LogP contribution in [0.4, 0.5) is 8.78 Å². The Morgan fingerprint density at radius 1 is 1.14 bits per heavy atom. The highest BCUT2D eigenvalue weighted by molar-refractivity contribution is 6.31. The number of amides is 1. The first-order chi connectivity index (χ1) is 16.8. The van der Waals surface area contributed by atoms with Crippen LogP contribution in [0.1, 0.15) is 47.2 Å². The van der Waals surface area contributed by atoms with E-state index in [9.17, 15) is 23.6 Å². The quantitative estimate of drug-likeness (QED) is 0.385. The lowest BCUT2D eigenvalue weighted by Crippen LogP contribution is -2.49. The van der Waals surface area contributed by atoms with Crippen molar-refractivity contribution in [3.63, 3.8) is 0 Å². The van der Waals surface area contributed by atoms with Crippen LogP contribution in [0.15, 0.2) is 54.9 Å². The number of hydrogen-bond acceptors (Lipinski definition) is 4. The van der Waals surface area contributed by atoms with E-state index in [0.29, 0.717) is 16.1 Å². The predicted octanol–water partition coefficient (Wildman–Crippen LogP) is 6.17. The zero-order valence-corrected chi connectivity index (χ0v) is 19.5. The second-order valence-electron chi connectivity index (χ2n) is 8.51. The minimum absolute atomic E-state index is 0.0918. The maximum atomic E-state index is 13.6. The van der Waals surface area contributed by atoms with E-state index >= 15 is 0 Å². The molecule has 35 heavy (non-hydrogen) atoms. The average molecular weight is 494 g/mol. The zero-order chi connectivity index (χ0) is 25.0. The Kier molecular flexibility index (Phi) is 7.23. The Labute approximate surface area is 206 Å². The lowest BCUT2D eigenvalue weighted by molar-refractivity contribution is -0.140. The van der Waals surface area contributed by atoms with Crippen LogP contribution in [0.5, 0.6) is 0 Å². The van der Waals surface area contributed by atoms with Crippen LogP contribution < -0.4 is 0 Å². The summed E-state index contributed by atoms with van der Waals surface area (Å²) in [4.78, 5) is 30.7. The molecule has 0 bridgehead atoms. The third-order valence-electron chi connectivity index (χ3n) is 6.06. The Bertz CT molecular complexity index is 1350. The SMILES string of the molecule is N#C[C@@H]1CC(F)(F)CCN1C(=O)CCC(=O)c1ccncc1/C=C/c1ccc2cc(Cl)ccc2c1. The Balaban J connectivity index is 1.44. The van der Waals surface area contributed by atoms with Crippen LogP contribution in [-0.4, -0.2) is 40.1 Å². The molecule has 178 valence electrons. The molecule has 2 aromatic carbocycles. The van der Waals surface area contributed by atoms with Gasteiger partial charge in [0.25, 0.3) is 5.92 Å². The number of nitriles is 1. The van der Waals surface area contributed by atoms with Crippen LogP contribution in [0.25, 0.3) is 22.9 Å². The van der Waals surface area contributed by atoms with Gasteiger partial charge in [-0.1, -0.05) is 42.0 Å². The molecule has 0 radical (unpaired) electrons. The van der Waals surface area contributed by atoms with Gasteiger partial charge in [0.15, 0.2) is 5.78 Å². The number of likely N-dealkylation sites (tertiary alicyclic amines) is 1. The highest BCUT2D eigenvalue weighted by atomic mass is 35.5. The van der Waals surface area contributed by atoms with Crippen molar-refractivity contribution >= 4 is 46.2 Å². The van der Waals surface area contributed by atoms with E-state index < -0.39 is 30.7 Å². The van der Waals surface area contributed by atoms with E-state index in [-0.39, 0.29) is 25.2 Å². The molecule has 0 spiro atoms. The van der Waals surface area contributed by atoms with Crippen LogP contribution in [0.2, 0.25) is 5.02 Å². The maximum Gasteiger partial charge on any atom is 0.252 e. The molecule has 1 aromatic heterocycles. The number of Topliss-reactive ketones (excluding diaryl/α,β-unsaturated/α-hetero) is 1. The molecule has 0 unspecified atom stereocenters. The first-order valence-electron chi connectivity index (χ1n) is 11.2. The van der Waals surface area contributed by atoms with Crippen molar-refractivity contribution in [1.82, 2.24) is 9.88 Å². The van der Waals surface area contributed by atoms with Gasteiger partial charge in [-0.25, -0.2) is 8.78 Å². The standard InChI is InChI=1S/C27H22ClF2N3O2/c28-22-6-5-19-13-18(1-3-20(19)14-22)2-4-21-17-32-11-9-24(21)25(34)7-8-26(35)33-12-10-27(29,30)15-23(33)16-31/h1-6,9,11,13-14,17,23H,7-8,10,12,15H2/b4-2+/t23-/m0/s1. The summed E-state index contributed by atoms with van der Waals surface area (Å²) in [7, 11) is 0. The number of nitrogens with zero attached hydrogens (tertiary/aromatic N) is 3. The molecule has 1 aliphatic rings. The molecular formula is C27H22ClF2N3O2. The molecule has 8 heteroatoms. The summed E-state index contributed by atoms with van der Waals surface area (Å²) in [6.45, 7) is -0.195. The van der Waals surface area contributed by atoms with Gasteiger partial charge >= 0.3 is 0 Å². The summed E-state index contributed by atoms with van der Waals surface area (Å²) in [5, 5.41) is 11.9. The van der Waals surface area contributed by atoms with Gasteiger partial charge in [0, 0.05) is 60.8 Å². The number of piperidine rings is 1. The van der Waals surface area contributed by atoms with Gasteiger partial charge < -0.3 is 4.90 Å². The Hall–Kier alpha value is -3.63. The van der Waals surface area contributed by atoms with Crippen molar-refractivity contribution in [1.29, 1.82) is 5.26 Å². The Morgan fingerprint density at radius 3 is 2.71 bits per heavy atom. The van der Waals surface area contributed by atoms with Crippen molar-refractivity contribution < 1.29 is 18.4 Å². The fraction of sp³-hybridized carbons (Fsp3) is 0.259. The number of benzene rings is 2. The second kappa shape index (κ2) is 10.3. The maximum absolute atomic E-state index is 13.6. The van der Waals surface area contributed by atoms with Gasteiger partial charge in [-0.15, -0.1) is 0 Å². The normalized spacial score (nSPS) is 17.4. The first kappa shape index (κ1) is 24.5. The lowest BCUT2D eigenvalue weighted by Gasteiger charge is -2.35. The van der Waals surface area contributed by atoms with Gasteiger partial charge in [0.1, 0.15) is 6.04 Å². The van der Waals surface area contributed by atoms with Crippen LogP contribution in [0, 0.1) is 11.3 Å². The summed E-state index contributed by atoms with van der Waals surface area (Å²) < 4.78 is 27.2. The van der Waals surface area contributed by atoms with Crippen molar-refractivity contribution in [3.05, 3.63) is 76.6 Å². The second-order valence-corrected chi connectivity index (χ2v) is 8.95. The number of ketones is 1. The summed E-state index contributed by atoms with van der Waals surface area (Å²) in [6.07, 6.45) is 5.34. The number of alkyl halides is 2. The molecule has 1 amide bonds. The number of pyridine rings is 1. The summed E-state index contributed by atoms with van der Waals surface area (Å²) in [6, 6.07) is 13.8. The van der Waals surface area contributed by atoms with E-state index in [4.69, 9.17) is 11.6 Å². The number of halogens is 3. The van der Waals surface area contributed by atoms with Crippen LogP contribution in [0.3, 0.4) is 0 Å². The number of carbonyl (C=O) groups is 2. The molecule has 0 saturated carbocycles. The lowest BCUT2D eigenvalue weighted by atomic mass is 9.97. The molecule has 1 aliphatic heterocycles.